The van der Waals surface area contributed by atoms with Gasteiger partial charge in [0.2, 0.25) is 0 Å². The van der Waals surface area contributed by atoms with Gasteiger partial charge in [0.05, 0.1) is 16.7 Å². The largest absolute Gasteiger partial charge is 0.381 e. The van der Waals surface area contributed by atoms with E-state index >= 15 is 0 Å². The molecule has 7 nitrogen and oxygen atoms in total. The van der Waals surface area contributed by atoms with Crippen molar-refractivity contribution in [3.05, 3.63) is 34.0 Å². The highest BCUT2D eigenvalue weighted by Gasteiger charge is 2.30. The van der Waals surface area contributed by atoms with Gasteiger partial charge in [0, 0.05) is 50.5 Å². The smallest absolute Gasteiger partial charge is 0.270 e. The Balaban J connectivity index is 1.36. The van der Waals surface area contributed by atoms with E-state index in [-0.39, 0.29) is 11.9 Å². The molecule has 0 aromatic carbocycles. The SMILES string of the molecule is Cc1nc(C(=O)NCC[C@H]2CN(C3CCOCC3)Cc3ccnn32)cs1. The molecular formula is C18H25N5O2S. The maximum Gasteiger partial charge on any atom is 0.270 e. The van der Waals surface area contributed by atoms with Crippen molar-refractivity contribution in [3.8, 4) is 0 Å². The van der Waals surface area contributed by atoms with Crippen LogP contribution in [0.25, 0.3) is 0 Å². The topological polar surface area (TPSA) is 72.3 Å². The summed E-state index contributed by atoms with van der Waals surface area (Å²) in [6, 6.07) is 2.98. The summed E-state index contributed by atoms with van der Waals surface area (Å²) in [4.78, 5) is 19.0. The van der Waals surface area contributed by atoms with Crippen molar-refractivity contribution in [1.29, 1.82) is 0 Å². The molecule has 4 heterocycles. The quantitative estimate of drug-likeness (QED) is 0.865. The van der Waals surface area contributed by atoms with Crippen molar-refractivity contribution in [2.24, 2.45) is 0 Å². The fraction of sp³-hybridized carbons (Fsp3) is 0.611. The predicted octanol–water partition coefficient (Wildman–Crippen LogP) is 2.00. The third-order valence-corrected chi connectivity index (χ3v) is 6.00. The Hall–Kier alpha value is -1.77. The standard InChI is InChI=1S/C18H25N5O2S/c1-13-21-17(12-26-13)18(24)19-6-2-15-10-22(14-4-8-25-9-5-14)11-16-3-7-20-23(15)16/h3,7,12,14-15H,2,4-6,8-11H2,1H3,(H,19,24)/t15-/m0/s1. The molecule has 0 radical (unpaired) electrons. The second kappa shape index (κ2) is 7.85. The molecule has 2 aromatic heterocycles. The molecule has 8 heteroatoms. The van der Waals surface area contributed by atoms with Gasteiger partial charge in [-0.2, -0.15) is 5.10 Å². The Bertz CT molecular complexity index is 752. The average Bonchev–Trinajstić information content (AvgIpc) is 3.31. The minimum atomic E-state index is -0.0906. The number of nitrogens with zero attached hydrogens (tertiary/aromatic N) is 4. The van der Waals surface area contributed by atoms with E-state index in [1.807, 2.05) is 18.5 Å². The van der Waals surface area contributed by atoms with Crippen LogP contribution in [0.4, 0.5) is 0 Å². The number of fused-ring (bicyclic) bond motifs is 1. The van der Waals surface area contributed by atoms with Crippen molar-refractivity contribution >= 4 is 17.2 Å². The van der Waals surface area contributed by atoms with Gasteiger partial charge in [0.25, 0.3) is 5.91 Å². The molecule has 0 bridgehead atoms. The van der Waals surface area contributed by atoms with Crippen molar-refractivity contribution in [2.75, 3.05) is 26.3 Å². The summed E-state index contributed by atoms with van der Waals surface area (Å²) >= 11 is 1.50. The van der Waals surface area contributed by atoms with Gasteiger partial charge in [0.15, 0.2) is 0 Å². The lowest BCUT2D eigenvalue weighted by atomic mass is 10.0. The number of thiazole rings is 1. The third-order valence-electron chi connectivity index (χ3n) is 5.23. The summed E-state index contributed by atoms with van der Waals surface area (Å²) in [6.07, 6.45) is 4.94. The van der Waals surface area contributed by atoms with E-state index in [2.05, 4.69) is 31.0 Å². The molecule has 1 amide bonds. The van der Waals surface area contributed by atoms with Crippen LogP contribution < -0.4 is 5.32 Å². The van der Waals surface area contributed by atoms with Crippen LogP contribution in [0.1, 0.15) is 46.5 Å². The summed E-state index contributed by atoms with van der Waals surface area (Å²) in [6.45, 7) is 6.17. The van der Waals surface area contributed by atoms with E-state index in [9.17, 15) is 4.79 Å². The number of rotatable bonds is 5. The van der Waals surface area contributed by atoms with Crippen LogP contribution in [-0.4, -0.2) is 57.9 Å². The Labute approximate surface area is 157 Å². The zero-order chi connectivity index (χ0) is 17.9. The van der Waals surface area contributed by atoms with Crippen LogP contribution in [-0.2, 0) is 11.3 Å². The highest BCUT2D eigenvalue weighted by molar-refractivity contribution is 7.09. The minimum Gasteiger partial charge on any atom is -0.381 e. The zero-order valence-corrected chi connectivity index (χ0v) is 15.9. The first kappa shape index (κ1) is 17.6. The fourth-order valence-electron chi connectivity index (χ4n) is 3.87. The van der Waals surface area contributed by atoms with Gasteiger partial charge in [-0.1, -0.05) is 0 Å². The summed E-state index contributed by atoms with van der Waals surface area (Å²) in [5.41, 5.74) is 1.77. The Morgan fingerprint density at radius 2 is 2.27 bits per heavy atom. The number of hydrogen-bond donors (Lipinski definition) is 1. The van der Waals surface area contributed by atoms with Gasteiger partial charge in [-0.15, -0.1) is 11.3 Å². The molecule has 4 rings (SSSR count). The van der Waals surface area contributed by atoms with Crippen LogP contribution in [0.15, 0.2) is 17.6 Å². The van der Waals surface area contributed by atoms with Gasteiger partial charge in [-0.3, -0.25) is 14.4 Å². The van der Waals surface area contributed by atoms with Gasteiger partial charge in [-0.25, -0.2) is 4.98 Å². The molecule has 0 saturated carbocycles. The lowest BCUT2D eigenvalue weighted by molar-refractivity contribution is 0.0158. The number of aromatic nitrogens is 3. The molecule has 1 saturated heterocycles. The maximum absolute atomic E-state index is 12.2. The van der Waals surface area contributed by atoms with Crippen molar-refractivity contribution < 1.29 is 9.53 Å². The Morgan fingerprint density at radius 3 is 3.04 bits per heavy atom. The summed E-state index contributed by atoms with van der Waals surface area (Å²) < 4.78 is 7.64. The number of ether oxygens (including phenoxy) is 1. The molecule has 0 spiro atoms. The lowest BCUT2D eigenvalue weighted by Gasteiger charge is -2.40. The van der Waals surface area contributed by atoms with Crippen LogP contribution in [0.5, 0.6) is 0 Å². The monoisotopic (exact) mass is 375 g/mol. The van der Waals surface area contributed by atoms with Gasteiger partial charge in [-0.05, 0) is 32.3 Å². The molecular weight excluding hydrogens is 350 g/mol. The average molecular weight is 375 g/mol. The van der Waals surface area contributed by atoms with E-state index in [0.29, 0.717) is 18.3 Å². The molecule has 0 unspecified atom stereocenters. The van der Waals surface area contributed by atoms with Crippen LogP contribution in [0.3, 0.4) is 0 Å². The first-order chi connectivity index (χ1) is 12.7. The second-order valence-electron chi connectivity index (χ2n) is 6.99. The van der Waals surface area contributed by atoms with Crippen LogP contribution in [0, 0.1) is 6.92 Å². The third kappa shape index (κ3) is 3.82. The molecule has 1 N–H and O–H groups in total. The summed E-state index contributed by atoms with van der Waals surface area (Å²) in [5.74, 6) is -0.0906. The summed E-state index contributed by atoms with van der Waals surface area (Å²) in [7, 11) is 0. The first-order valence-corrected chi connectivity index (χ1v) is 10.1. The lowest BCUT2D eigenvalue weighted by Crippen LogP contribution is -2.46. The zero-order valence-electron chi connectivity index (χ0n) is 15.1. The highest BCUT2D eigenvalue weighted by atomic mass is 32.1. The maximum atomic E-state index is 12.2. The van der Waals surface area contributed by atoms with E-state index < -0.39 is 0 Å². The van der Waals surface area contributed by atoms with E-state index in [1.165, 1.54) is 17.0 Å². The molecule has 1 atom stereocenters. The molecule has 2 aliphatic heterocycles. The molecule has 2 aromatic rings. The molecule has 1 fully saturated rings. The van der Waals surface area contributed by atoms with E-state index in [1.54, 1.807) is 0 Å². The normalized spacial score (nSPS) is 21.5. The first-order valence-electron chi connectivity index (χ1n) is 9.25. The Kier molecular flexibility index (Phi) is 5.33. The predicted molar refractivity (Wildman–Crippen MR) is 99.3 cm³/mol. The second-order valence-corrected chi connectivity index (χ2v) is 8.05. The number of hydrogen-bond acceptors (Lipinski definition) is 6. The van der Waals surface area contributed by atoms with E-state index in [4.69, 9.17) is 4.74 Å². The van der Waals surface area contributed by atoms with Crippen LogP contribution in [0.2, 0.25) is 0 Å². The van der Waals surface area contributed by atoms with Crippen LogP contribution >= 0.6 is 11.3 Å². The number of carbonyl (C=O) groups excluding carboxylic acids is 1. The Morgan fingerprint density at radius 1 is 1.42 bits per heavy atom. The number of aryl methyl sites for hydroxylation is 1. The van der Waals surface area contributed by atoms with Gasteiger partial charge in [0.1, 0.15) is 5.69 Å². The molecule has 0 aliphatic carbocycles. The minimum absolute atomic E-state index is 0.0906. The molecule has 26 heavy (non-hydrogen) atoms. The molecule has 2 aliphatic rings. The van der Waals surface area contributed by atoms with Crippen molar-refractivity contribution in [1.82, 2.24) is 25.0 Å². The van der Waals surface area contributed by atoms with Gasteiger partial charge < -0.3 is 10.1 Å². The molecule has 140 valence electrons. The fourth-order valence-corrected chi connectivity index (χ4v) is 4.46. The number of amides is 1. The number of carbonyl (C=O) groups is 1. The van der Waals surface area contributed by atoms with Gasteiger partial charge >= 0.3 is 0 Å². The summed E-state index contributed by atoms with van der Waals surface area (Å²) in [5, 5.41) is 10.2. The number of nitrogens with one attached hydrogen (secondary N) is 1. The van der Waals surface area contributed by atoms with Crippen molar-refractivity contribution in [2.45, 2.75) is 44.8 Å². The highest BCUT2D eigenvalue weighted by Crippen LogP contribution is 2.27. The van der Waals surface area contributed by atoms with E-state index in [0.717, 1.165) is 50.6 Å². The van der Waals surface area contributed by atoms with Crippen molar-refractivity contribution in [3.63, 3.8) is 0 Å².